The summed E-state index contributed by atoms with van der Waals surface area (Å²) in [5, 5.41) is 6.86. The molecule has 0 radical (unpaired) electrons. The van der Waals surface area contributed by atoms with Gasteiger partial charge < -0.3 is 14.5 Å². The smallest absolute Gasteiger partial charge is 0.135 e. The number of rotatable bonds is 3. The van der Waals surface area contributed by atoms with E-state index in [1.807, 2.05) is 18.6 Å². The van der Waals surface area contributed by atoms with Gasteiger partial charge in [0, 0.05) is 53.9 Å². The molecule has 114 valence electrons. The van der Waals surface area contributed by atoms with Crippen molar-refractivity contribution in [3.05, 3.63) is 42.5 Å². The van der Waals surface area contributed by atoms with Crippen LogP contribution in [0.5, 0.6) is 0 Å². The minimum atomic E-state index is 0.793. The molecule has 1 fully saturated rings. The third-order valence-corrected chi connectivity index (χ3v) is 4.87. The molecule has 2 aliphatic rings. The number of aromatic amines is 1. The predicted octanol–water partition coefficient (Wildman–Crippen LogP) is 2.15. The van der Waals surface area contributed by atoms with E-state index < -0.39 is 0 Å². The standard InChI is InChI=1S/C15H17N5OS/c1-2-16-15(7-13(1)19-3-5-21-6-4-19)20-10-14(22-11-20)12-8-17-18-9-12/h1-2,7-10H,3-6,11H2,(H,17,18). The Bertz CT molecular complexity index is 666. The lowest BCUT2D eigenvalue weighted by Gasteiger charge is -2.29. The van der Waals surface area contributed by atoms with Gasteiger partial charge in [0.25, 0.3) is 0 Å². The quantitative estimate of drug-likeness (QED) is 0.936. The number of aromatic nitrogens is 3. The van der Waals surface area contributed by atoms with Gasteiger partial charge >= 0.3 is 0 Å². The van der Waals surface area contributed by atoms with E-state index in [9.17, 15) is 0 Å². The van der Waals surface area contributed by atoms with Gasteiger partial charge in [-0.3, -0.25) is 5.10 Å². The molecule has 0 amide bonds. The molecule has 6 nitrogen and oxygen atoms in total. The first-order valence-corrected chi connectivity index (χ1v) is 8.28. The molecule has 4 heterocycles. The van der Waals surface area contributed by atoms with E-state index in [4.69, 9.17) is 4.74 Å². The summed E-state index contributed by atoms with van der Waals surface area (Å²) in [6, 6.07) is 4.22. The monoisotopic (exact) mass is 315 g/mol. The van der Waals surface area contributed by atoms with Crippen molar-refractivity contribution in [2.24, 2.45) is 0 Å². The number of nitrogens with zero attached hydrogens (tertiary/aromatic N) is 4. The number of H-pyrrole nitrogens is 1. The Balaban J connectivity index is 1.55. The summed E-state index contributed by atoms with van der Waals surface area (Å²) >= 11 is 1.80. The third-order valence-electron chi connectivity index (χ3n) is 3.81. The zero-order valence-corrected chi connectivity index (χ0v) is 12.9. The lowest BCUT2D eigenvalue weighted by molar-refractivity contribution is 0.122. The molecule has 1 N–H and O–H groups in total. The fourth-order valence-corrected chi connectivity index (χ4v) is 3.58. The summed E-state index contributed by atoms with van der Waals surface area (Å²) in [4.78, 5) is 10.3. The Morgan fingerprint density at radius 1 is 1.27 bits per heavy atom. The molecule has 0 saturated carbocycles. The number of hydrogen-bond donors (Lipinski definition) is 1. The summed E-state index contributed by atoms with van der Waals surface area (Å²) in [5.41, 5.74) is 2.33. The van der Waals surface area contributed by atoms with E-state index in [1.165, 1.54) is 10.6 Å². The molecule has 0 bridgehead atoms. The molecule has 1 saturated heterocycles. The lowest BCUT2D eigenvalue weighted by atomic mass is 10.3. The van der Waals surface area contributed by atoms with Gasteiger partial charge in [-0.15, -0.1) is 11.8 Å². The number of hydrogen-bond acceptors (Lipinski definition) is 6. The molecule has 0 atom stereocenters. The van der Waals surface area contributed by atoms with E-state index in [1.54, 1.807) is 11.8 Å². The number of anilines is 2. The molecule has 0 spiro atoms. The second kappa shape index (κ2) is 6.02. The van der Waals surface area contributed by atoms with Gasteiger partial charge in [-0.25, -0.2) is 4.98 Å². The van der Waals surface area contributed by atoms with E-state index >= 15 is 0 Å². The maximum absolute atomic E-state index is 5.42. The summed E-state index contributed by atoms with van der Waals surface area (Å²) in [5.74, 6) is 1.86. The summed E-state index contributed by atoms with van der Waals surface area (Å²) in [7, 11) is 0. The van der Waals surface area contributed by atoms with Crippen LogP contribution in [0, 0.1) is 0 Å². The second-order valence-electron chi connectivity index (χ2n) is 5.20. The number of thioether (sulfide) groups is 1. The molecule has 2 aromatic heterocycles. The van der Waals surface area contributed by atoms with Gasteiger partial charge in [0.05, 0.1) is 25.3 Å². The number of morpholine rings is 1. The van der Waals surface area contributed by atoms with Crippen molar-refractivity contribution in [1.82, 2.24) is 15.2 Å². The molecular formula is C15H17N5OS. The molecule has 0 unspecified atom stereocenters. The van der Waals surface area contributed by atoms with Crippen molar-refractivity contribution >= 4 is 28.2 Å². The first kappa shape index (κ1) is 13.7. The van der Waals surface area contributed by atoms with Crippen LogP contribution in [-0.2, 0) is 4.74 Å². The Labute approximate surface area is 133 Å². The highest BCUT2D eigenvalue weighted by molar-refractivity contribution is 8.08. The van der Waals surface area contributed by atoms with Crippen molar-refractivity contribution in [2.45, 2.75) is 0 Å². The lowest BCUT2D eigenvalue weighted by Crippen LogP contribution is -2.36. The SMILES string of the molecule is C1=C(c2cn[nH]c2)SCN1c1cc(N2CCOCC2)ccn1. The summed E-state index contributed by atoms with van der Waals surface area (Å²) < 4.78 is 5.42. The highest BCUT2D eigenvalue weighted by atomic mass is 32.2. The van der Waals surface area contributed by atoms with E-state index in [0.717, 1.165) is 43.6 Å². The van der Waals surface area contributed by atoms with Gasteiger partial charge in [-0.05, 0) is 6.07 Å². The largest absolute Gasteiger partial charge is 0.378 e. The van der Waals surface area contributed by atoms with Crippen LogP contribution in [0.15, 0.2) is 36.9 Å². The van der Waals surface area contributed by atoms with Crippen LogP contribution in [0.2, 0.25) is 0 Å². The van der Waals surface area contributed by atoms with Crippen LogP contribution < -0.4 is 9.80 Å². The zero-order valence-electron chi connectivity index (χ0n) is 12.1. The van der Waals surface area contributed by atoms with E-state index in [2.05, 4.69) is 43.3 Å². The van der Waals surface area contributed by atoms with Crippen molar-refractivity contribution in [2.75, 3.05) is 42.0 Å². The minimum absolute atomic E-state index is 0.793. The Morgan fingerprint density at radius 3 is 3.00 bits per heavy atom. The molecule has 22 heavy (non-hydrogen) atoms. The van der Waals surface area contributed by atoms with Crippen molar-refractivity contribution in [3.8, 4) is 0 Å². The Kier molecular flexibility index (Phi) is 3.74. The van der Waals surface area contributed by atoms with Crippen molar-refractivity contribution < 1.29 is 4.74 Å². The van der Waals surface area contributed by atoms with Gasteiger partial charge in [0.2, 0.25) is 0 Å². The molecule has 7 heteroatoms. The number of nitrogens with one attached hydrogen (secondary N) is 1. The molecule has 0 aliphatic carbocycles. The van der Waals surface area contributed by atoms with Gasteiger partial charge in [0.15, 0.2) is 0 Å². The van der Waals surface area contributed by atoms with E-state index in [-0.39, 0.29) is 0 Å². The van der Waals surface area contributed by atoms with Gasteiger partial charge in [0.1, 0.15) is 5.82 Å². The van der Waals surface area contributed by atoms with Gasteiger partial charge in [-0.1, -0.05) is 0 Å². The Hall–Kier alpha value is -1.99. The van der Waals surface area contributed by atoms with Crippen LogP contribution >= 0.6 is 11.8 Å². The van der Waals surface area contributed by atoms with Crippen LogP contribution in [0.1, 0.15) is 5.56 Å². The average molecular weight is 315 g/mol. The number of pyridine rings is 1. The molecule has 2 aliphatic heterocycles. The molecule has 2 aromatic rings. The third kappa shape index (κ3) is 2.69. The second-order valence-corrected chi connectivity index (χ2v) is 6.18. The van der Waals surface area contributed by atoms with Crippen LogP contribution in [0.4, 0.5) is 11.5 Å². The maximum Gasteiger partial charge on any atom is 0.135 e. The highest BCUT2D eigenvalue weighted by Gasteiger charge is 2.19. The van der Waals surface area contributed by atoms with Crippen molar-refractivity contribution in [1.29, 1.82) is 0 Å². The maximum atomic E-state index is 5.42. The Morgan fingerprint density at radius 2 is 2.18 bits per heavy atom. The zero-order chi connectivity index (χ0) is 14.8. The van der Waals surface area contributed by atoms with Gasteiger partial charge in [-0.2, -0.15) is 5.10 Å². The number of ether oxygens (including phenoxy) is 1. The predicted molar refractivity (Wildman–Crippen MR) is 88.8 cm³/mol. The highest BCUT2D eigenvalue weighted by Crippen LogP contribution is 2.36. The first-order chi connectivity index (χ1) is 10.9. The van der Waals surface area contributed by atoms with Crippen LogP contribution in [0.25, 0.3) is 4.91 Å². The average Bonchev–Trinajstić information content (AvgIpc) is 3.27. The fraction of sp³-hybridized carbons (Fsp3) is 0.333. The minimum Gasteiger partial charge on any atom is -0.378 e. The summed E-state index contributed by atoms with van der Waals surface area (Å²) in [6.45, 7) is 3.46. The fourth-order valence-electron chi connectivity index (χ4n) is 2.61. The van der Waals surface area contributed by atoms with E-state index in [0.29, 0.717) is 0 Å². The topological polar surface area (TPSA) is 57.3 Å². The van der Waals surface area contributed by atoms with Crippen molar-refractivity contribution in [3.63, 3.8) is 0 Å². The molecular weight excluding hydrogens is 298 g/mol. The first-order valence-electron chi connectivity index (χ1n) is 7.29. The normalized spacial score (nSPS) is 18.6. The van der Waals surface area contributed by atoms with Crippen LogP contribution in [0.3, 0.4) is 0 Å². The molecule has 0 aromatic carbocycles. The summed E-state index contributed by atoms with van der Waals surface area (Å²) in [6.07, 6.45) is 7.79. The molecule has 4 rings (SSSR count). The van der Waals surface area contributed by atoms with Crippen LogP contribution in [-0.4, -0.2) is 47.4 Å².